The number of carbonyl (C=O) groups excluding carboxylic acids is 1. The number of aromatic hydroxyl groups is 3. The molecule has 2 aromatic carbocycles. The number of azo groups is 1. The zero-order valence-electron chi connectivity index (χ0n) is 12.4. The fourth-order valence-electron chi connectivity index (χ4n) is 2.27. The molecule has 7 nitrogen and oxygen atoms in total. The van der Waals surface area contributed by atoms with Gasteiger partial charge in [-0.1, -0.05) is 15.9 Å². The van der Waals surface area contributed by atoms with Crippen molar-refractivity contribution in [3.63, 3.8) is 0 Å². The van der Waals surface area contributed by atoms with Gasteiger partial charge in [-0.3, -0.25) is 4.79 Å². The molecular weight excluding hydrogens is 378 g/mol. The molecule has 8 heteroatoms. The van der Waals surface area contributed by atoms with Crippen molar-refractivity contribution in [2.24, 2.45) is 10.2 Å². The third-order valence-electron chi connectivity index (χ3n) is 3.42. The highest BCUT2D eigenvalue weighted by atomic mass is 79.9. The van der Waals surface area contributed by atoms with Crippen LogP contribution in [0.4, 0.5) is 5.69 Å². The van der Waals surface area contributed by atoms with E-state index < -0.39 is 5.91 Å². The highest BCUT2D eigenvalue weighted by Gasteiger charge is 2.14. The van der Waals surface area contributed by atoms with Crippen LogP contribution in [0.3, 0.4) is 0 Å². The lowest BCUT2D eigenvalue weighted by Gasteiger charge is -1.99. The smallest absolute Gasteiger partial charge is 0.295 e. The average molecular weight is 390 g/mol. The first-order chi connectivity index (χ1) is 11.3. The SMILES string of the molecule is Cc1cc2c(N=NC(=O)c3cc(O)cc(O)c3)c(O)[nH]c2cc1Br. The lowest BCUT2D eigenvalue weighted by Crippen LogP contribution is -1.93. The molecule has 0 radical (unpaired) electrons. The summed E-state index contributed by atoms with van der Waals surface area (Å²) in [5.41, 5.74) is 1.69. The molecule has 0 spiro atoms. The molecule has 0 aliphatic carbocycles. The van der Waals surface area contributed by atoms with Gasteiger partial charge in [0.05, 0.1) is 11.1 Å². The first-order valence-electron chi connectivity index (χ1n) is 6.85. The minimum atomic E-state index is -0.760. The van der Waals surface area contributed by atoms with E-state index in [9.17, 15) is 20.1 Å². The van der Waals surface area contributed by atoms with Crippen molar-refractivity contribution in [2.75, 3.05) is 0 Å². The van der Waals surface area contributed by atoms with E-state index in [2.05, 4.69) is 31.1 Å². The van der Waals surface area contributed by atoms with Crippen molar-refractivity contribution in [3.8, 4) is 17.4 Å². The van der Waals surface area contributed by atoms with Gasteiger partial charge in [-0.25, -0.2) is 0 Å². The molecule has 0 saturated carbocycles. The minimum absolute atomic E-state index is 0.0190. The highest BCUT2D eigenvalue weighted by Crippen LogP contribution is 2.38. The molecule has 1 heterocycles. The molecule has 1 amide bonds. The van der Waals surface area contributed by atoms with Crippen LogP contribution < -0.4 is 0 Å². The zero-order chi connectivity index (χ0) is 17.4. The van der Waals surface area contributed by atoms with Gasteiger partial charge in [-0.05, 0) is 36.8 Å². The molecule has 0 fully saturated rings. The molecule has 0 aliphatic rings. The fourth-order valence-corrected chi connectivity index (χ4v) is 2.61. The second-order valence-electron chi connectivity index (χ2n) is 5.21. The Morgan fingerprint density at radius 3 is 2.42 bits per heavy atom. The van der Waals surface area contributed by atoms with E-state index in [1.165, 1.54) is 0 Å². The highest BCUT2D eigenvalue weighted by molar-refractivity contribution is 9.10. The van der Waals surface area contributed by atoms with E-state index in [0.717, 1.165) is 28.2 Å². The number of hydrogen-bond acceptors (Lipinski definition) is 5. The lowest BCUT2D eigenvalue weighted by atomic mass is 10.1. The summed E-state index contributed by atoms with van der Waals surface area (Å²) in [5.74, 6) is -1.49. The van der Waals surface area contributed by atoms with Gasteiger partial charge in [0.1, 0.15) is 11.5 Å². The van der Waals surface area contributed by atoms with Gasteiger partial charge in [0.15, 0.2) is 5.69 Å². The summed E-state index contributed by atoms with van der Waals surface area (Å²) >= 11 is 3.40. The first-order valence-corrected chi connectivity index (χ1v) is 7.64. The van der Waals surface area contributed by atoms with Crippen molar-refractivity contribution < 1.29 is 20.1 Å². The van der Waals surface area contributed by atoms with Gasteiger partial charge in [-0.2, -0.15) is 0 Å². The van der Waals surface area contributed by atoms with Crippen molar-refractivity contribution in [3.05, 3.63) is 45.9 Å². The van der Waals surface area contributed by atoms with Crippen LogP contribution in [0.2, 0.25) is 0 Å². The van der Waals surface area contributed by atoms with Gasteiger partial charge >= 0.3 is 0 Å². The Hall–Kier alpha value is -2.87. The molecule has 0 aliphatic heterocycles. The van der Waals surface area contributed by atoms with Crippen LogP contribution in [0.1, 0.15) is 15.9 Å². The topological polar surface area (TPSA) is 118 Å². The third-order valence-corrected chi connectivity index (χ3v) is 4.28. The van der Waals surface area contributed by atoms with Crippen LogP contribution in [0, 0.1) is 6.92 Å². The van der Waals surface area contributed by atoms with Gasteiger partial charge in [0, 0.05) is 15.9 Å². The predicted octanol–water partition coefficient (Wildman–Crippen LogP) is 4.28. The van der Waals surface area contributed by atoms with Crippen LogP contribution in [0.15, 0.2) is 45.0 Å². The molecule has 0 bridgehead atoms. The first kappa shape index (κ1) is 16.0. The fraction of sp³-hybridized carbons (Fsp3) is 0.0625. The molecule has 3 aromatic rings. The third kappa shape index (κ3) is 2.95. The van der Waals surface area contributed by atoms with Gasteiger partial charge in [0.25, 0.3) is 5.91 Å². The number of aryl methyl sites for hydroxylation is 1. The van der Waals surface area contributed by atoms with E-state index >= 15 is 0 Å². The Morgan fingerprint density at radius 1 is 1.08 bits per heavy atom. The molecular formula is C16H12BrN3O4. The van der Waals surface area contributed by atoms with E-state index in [-0.39, 0.29) is 28.6 Å². The molecule has 0 atom stereocenters. The monoisotopic (exact) mass is 389 g/mol. The minimum Gasteiger partial charge on any atom is -0.508 e. The van der Waals surface area contributed by atoms with Crippen LogP contribution >= 0.6 is 15.9 Å². The van der Waals surface area contributed by atoms with E-state index in [1.54, 1.807) is 12.1 Å². The number of hydrogen-bond donors (Lipinski definition) is 4. The van der Waals surface area contributed by atoms with Crippen LogP contribution in [0.25, 0.3) is 10.9 Å². The number of aromatic nitrogens is 1. The maximum absolute atomic E-state index is 12.0. The maximum Gasteiger partial charge on any atom is 0.295 e. The van der Waals surface area contributed by atoms with E-state index in [1.807, 2.05) is 6.92 Å². The molecule has 122 valence electrons. The zero-order valence-corrected chi connectivity index (χ0v) is 14.0. The number of halogens is 1. The molecule has 1 aromatic heterocycles. The number of nitrogens with zero attached hydrogens (tertiary/aromatic N) is 2. The lowest BCUT2D eigenvalue weighted by molar-refractivity contribution is 0.0994. The van der Waals surface area contributed by atoms with E-state index in [0.29, 0.717) is 10.9 Å². The van der Waals surface area contributed by atoms with Crippen molar-refractivity contribution in [2.45, 2.75) is 6.92 Å². The summed E-state index contributed by atoms with van der Waals surface area (Å²) in [6.07, 6.45) is 0. The number of H-pyrrole nitrogens is 1. The number of phenolic OH excluding ortho intramolecular Hbond substituents is 2. The Labute approximate surface area is 144 Å². The van der Waals surface area contributed by atoms with Crippen LogP contribution in [0.5, 0.6) is 17.4 Å². The number of phenols is 2. The number of fused-ring (bicyclic) bond motifs is 1. The molecule has 3 rings (SSSR count). The van der Waals surface area contributed by atoms with Gasteiger partial charge < -0.3 is 20.3 Å². The summed E-state index contributed by atoms with van der Waals surface area (Å²) in [6.45, 7) is 1.88. The number of benzene rings is 2. The summed E-state index contributed by atoms with van der Waals surface area (Å²) in [5, 5.41) is 36.8. The predicted molar refractivity (Wildman–Crippen MR) is 91.0 cm³/mol. The summed E-state index contributed by atoms with van der Waals surface area (Å²) in [7, 11) is 0. The number of aromatic amines is 1. The van der Waals surface area contributed by atoms with Crippen molar-refractivity contribution in [1.82, 2.24) is 4.98 Å². The van der Waals surface area contributed by atoms with Gasteiger partial charge in [-0.15, -0.1) is 10.2 Å². The quantitative estimate of drug-likeness (QED) is 0.489. The number of nitrogens with one attached hydrogen (secondary N) is 1. The standard InChI is InChI=1S/C16H12BrN3O4/c1-7-2-11-13(6-12(7)17)18-16(24)14(11)19-20-15(23)8-3-9(21)5-10(22)4-8/h2-6,18,21-22,24H,1H3. The van der Waals surface area contributed by atoms with Crippen LogP contribution in [-0.2, 0) is 0 Å². The Morgan fingerprint density at radius 2 is 1.75 bits per heavy atom. The molecule has 4 N–H and O–H groups in total. The Kier molecular flexibility index (Phi) is 3.98. The normalized spacial score (nSPS) is 11.4. The molecule has 0 unspecified atom stereocenters. The van der Waals surface area contributed by atoms with E-state index in [4.69, 9.17) is 0 Å². The van der Waals surface area contributed by atoms with Crippen LogP contribution in [-0.4, -0.2) is 26.2 Å². The number of rotatable bonds is 2. The average Bonchev–Trinajstić information content (AvgIpc) is 2.79. The number of carbonyl (C=O) groups is 1. The second-order valence-corrected chi connectivity index (χ2v) is 6.07. The Bertz CT molecular complexity index is 974. The summed E-state index contributed by atoms with van der Waals surface area (Å²) < 4.78 is 0.867. The second kappa shape index (κ2) is 5.97. The van der Waals surface area contributed by atoms with Gasteiger partial charge in [0.2, 0.25) is 5.88 Å². The maximum atomic E-state index is 12.0. The summed E-state index contributed by atoms with van der Waals surface area (Å²) in [4.78, 5) is 14.8. The Balaban J connectivity index is 1.99. The van der Waals surface area contributed by atoms with Crippen molar-refractivity contribution in [1.29, 1.82) is 0 Å². The molecule has 0 saturated heterocycles. The molecule has 24 heavy (non-hydrogen) atoms. The summed E-state index contributed by atoms with van der Waals surface area (Å²) in [6, 6.07) is 7.02. The number of amides is 1. The largest absolute Gasteiger partial charge is 0.508 e. The van der Waals surface area contributed by atoms with Crippen molar-refractivity contribution >= 4 is 38.4 Å².